The molecule has 0 spiro atoms. The summed E-state index contributed by atoms with van der Waals surface area (Å²) >= 11 is 4.19. The van der Waals surface area contributed by atoms with Crippen molar-refractivity contribution in [3.05, 3.63) is 23.8 Å². The second-order valence-electron chi connectivity index (χ2n) is 3.18. The summed E-state index contributed by atoms with van der Waals surface area (Å²) in [5.74, 6) is 0.569. The van der Waals surface area contributed by atoms with E-state index in [1.807, 2.05) is 6.07 Å². The molecule has 0 unspecified atom stereocenters. The number of halogens is 1. The lowest BCUT2D eigenvalue weighted by Crippen LogP contribution is -2.22. The van der Waals surface area contributed by atoms with Crippen LogP contribution in [0.2, 0.25) is 0 Å². The van der Waals surface area contributed by atoms with Crippen LogP contribution in [-0.4, -0.2) is 19.3 Å². The summed E-state index contributed by atoms with van der Waals surface area (Å²) in [6.45, 7) is 0.322. The van der Waals surface area contributed by atoms with Gasteiger partial charge in [-0.1, -0.05) is 0 Å². The van der Waals surface area contributed by atoms with Crippen LogP contribution in [0.3, 0.4) is 0 Å². The zero-order chi connectivity index (χ0) is 11.3. The molecule has 1 atom stereocenters. The van der Waals surface area contributed by atoms with Crippen LogP contribution in [0, 0.1) is 0 Å². The zero-order valence-corrected chi connectivity index (χ0v) is 9.21. The van der Waals surface area contributed by atoms with Gasteiger partial charge in [0.25, 0.3) is 0 Å². The molecule has 1 aromatic rings. The summed E-state index contributed by atoms with van der Waals surface area (Å²) in [6.07, 6.45) is -1.14. The first kappa shape index (κ1) is 12.3. The van der Waals surface area contributed by atoms with Crippen molar-refractivity contribution in [3.63, 3.8) is 0 Å². The minimum absolute atomic E-state index is 0.0374. The first-order valence-corrected chi connectivity index (χ1v) is 5.10. The summed E-state index contributed by atoms with van der Waals surface area (Å²) in [5.41, 5.74) is 11.5. The van der Waals surface area contributed by atoms with Crippen LogP contribution in [0.15, 0.2) is 23.1 Å². The second-order valence-corrected chi connectivity index (χ2v) is 3.70. The molecular weight excluding hydrogens is 215 g/mol. The quantitative estimate of drug-likeness (QED) is 0.664. The van der Waals surface area contributed by atoms with Gasteiger partial charge in [0.1, 0.15) is 18.5 Å². The Bertz CT molecular complexity index is 322. The smallest absolute Gasteiger partial charge is 0.146 e. The van der Waals surface area contributed by atoms with Gasteiger partial charge in [0.15, 0.2) is 0 Å². The molecule has 0 bridgehead atoms. The Hall–Kier alpha value is -0.780. The van der Waals surface area contributed by atoms with Crippen molar-refractivity contribution in [1.82, 2.24) is 0 Å². The highest BCUT2D eigenvalue weighted by Gasteiger charge is 2.05. The molecule has 0 aliphatic rings. The lowest BCUT2D eigenvalue weighted by molar-refractivity contribution is 0.200. The van der Waals surface area contributed by atoms with Gasteiger partial charge in [-0.3, -0.25) is 0 Å². The van der Waals surface area contributed by atoms with Gasteiger partial charge in [-0.2, -0.15) is 0 Å². The molecule has 1 aromatic carbocycles. The van der Waals surface area contributed by atoms with Gasteiger partial charge in [0, 0.05) is 18.0 Å². The van der Waals surface area contributed by atoms with E-state index in [9.17, 15) is 4.39 Å². The van der Waals surface area contributed by atoms with Gasteiger partial charge in [0.05, 0.1) is 0 Å². The van der Waals surface area contributed by atoms with Crippen molar-refractivity contribution in [2.45, 2.75) is 17.6 Å². The fourth-order valence-electron chi connectivity index (χ4n) is 1.10. The summed E-state index contributed by atoms with van der Waals surface area (Å²) < 4.78 is 18.0. The molecule has 3 nitrogen and oxygen atoms in total. The van der Waals surface area contributed by atoms with Crippen molar-refractivity contribution in [2.24, 2.45) is 11.5 Å². The number of rotatable bonds is 5. The number of alkyl halides is 1. The lowest BCUT2D eigenvalue weighted by Gasteiger charge is -2.10. The van der Waals surface area contributed by atoms with E-state index in [1.54, 1.807) is 12.1 Å². The fraction of sp³-hybridized carbons (Fsp3) is 0.400. The highest BCUT2D eigenvalue weighted by atomic mass is 32.1. The van der Waals surface area contributed by atoms with Crippen molar-refractivity contribution in [3.8, 4) is 5.75 Å². The molecule has 1 rings (SSSR count). The van der Waals surface area contributed by atoms with Crippen LogP contribution >= 0.6 is 12.6 Å². The molecular formula is C10H15FN2OS. The van der Waals surface area contributed by atoms with Gasteiger partial charge in [-0.05, 0) is 23.8 Å². The maximum Gasteiger partial charge on any atom is 0.146 e. The Kier molecular flexibility index (Phi) is 4.87. The topological polar surface area (TPSA) is 61.3 Å². The summed E-state index contributed by atoms with van der Waals surface area (Å²) in [6, 6.07) is 5.32. The number of ether oxygens (including phenoxy) is 1. The third-order valence-corrected chi connectivity index (χ3v) is 2.13. The predicted octanol–water partition coefficient (Wildman–Crippen LogP) is 1.11. The standard InChI is InChI=1S/C10H15FN2OS/c11-8(5-13)6-14-9-1-7(4-12)2-10(15)3-9/h1-3,8,15H,4-6,12-13H2/t8-/m1/s1. The predicted molar refractivity (Wildman–Crippen MR) is 61.0 cm³/mol. The Morgan fingerprint density at radius 3 is 2.67 bits per heavy atom. The van der Waals surface area contributed by atoms with Crippen LogP contribution in [0.4, 0.5) is 4.39 Å². The van der Waals surface area contributed by atoms with E-state index in [2.05, 4.69) is 12.6 Å². The molecule has 5 heteroatoms. The molecule has 0 aliphatic heterocycles. The van der Waals surface area contributed by atoms with Gasteiger partial charge in [-0.15, -0.1) is 12.6 Å². The molecule has 15 heavy (non-hydrogen) atoms. The molecule has 4 N–H and O–H groups in total. The zero-order valence-electron chi connectivity index (χ0n) is 8.32. The molecule has 0 radical (unpaired) electrons. The maximum atomic E-state index is 12.8. The number of nitrogens with two attached hydrogens (primary N) is 2. The van der Waals surface area contributed by atoms with Gasteiger partial charge >= 0.3 is 0 Å². The molecule has 0 amide bonds. The Morgan fingerprint density at radius 2 is 2.07 bits per heavy atom. The van der Waals surface area contributed by atoms with Crippen LogP contribution in [-0.2, 0) is 6.54 Å². The van der Waals surface area contributed by atoms with Crippen LogP contribution in [0.25, 0.3) is 0 Å². The van der Waals surface area contributed by atoms with Gasteiger partial charge in [-0.25, -0.2) is 4.39 Å². The fourth-order valence-corrected chi connectivity index (χ4v) is 1.39. The summed E-state index contributed by atoms with van der Waals surface area (Å²) in [5, 5.41) is 0. The molecule has 0 heterocycles. The van der Waals surface area contributed by atoms with E-state index in [1.165, 1.54) is 0 Å². The summed E-state index contributed by atoms with van der Waals surface area (Å²) in [7, 11) is 0. The Balaban J connectivity index is 2.64. The highest BCUT2D eigenvalue weighted by molar-refractivity contribution is 7.80. The number of benzene rings is 1. The second kappa shape index (κ2) is 5.95. The molecule has 84 valence electrons. The Labute approximate surface area is 94.0 Å². The number of hydrogen-bond acceptors (Lipinski definition) is 4. The average molecular weight is 230 g/mol. The molecule has 0 fully saturated rings. The van der Waals surface area contributed by atoms with E-state index >= 15 is 0 Å². The van der Waals surface area contributed by atoms with Gasteiger partial charge < -0.3 is 16.2 Å². The summed E-state index contributed by atoms with van der Waals surface area (Å²) in [4.78, 5) is 0.746. The number of hydrogen-bond donors (Lipinski definition) is 3. The Morgan fingerprint density at radius 1 is 1.33 bits per heavy atom. The minimum Gasteiger partial charge on any atom is -0.490 e. The maximum absolute atomic E-state index is 12.8. The highest BCUT2D eigenvalue weighted by Crippen LogP contribution is 2.19. The van der Waals surface area contributed by atoms with Gasteiger partial charge in [0.2, 0.25) is 0 Å². The molecule has 0 aliphatic carbocycles. The molecule has 0 saturated heterocycles. The largest absolute Gasteiger partial charge is 0.490 e. The van der Waals surface area contributed by atoms with E-state index in [4.69, 9.17) is 16.2 Å². The normalized spacial score (nSPS) is 12.5. The average Bonchev–Trinajstić information content (AvgIpc) is 2.25. The molecule has 0 saturated carbocycles. The van der Waals surface area contributed by atoms with Crippen molar-refractivity contribution >= 4 is 12.6 Å². The van der Waals surface area contributed by atoms with E-state index in [0.29, 0.717) is 12.3 Å². The first-order valence-electron chi connectivity index (χ1n) is 4.65. The number of thiol groups is 1. The van der Waals surface area contributed by atoms with E-state index in [-0.39, 0.29) is 13.2 Å². The SMILES string of the molecule is NCc1cc(S)cc(OC[C@H](F)CN)c1. The molecule has 0 aromatic heterocycles. The lowest BCUT2D eigenvalue weighted by atomic mass is 10.2. The first-order chi connectivity index (χ1) is 7.15. The van der Waals surface area contributed by atoms with Crippen molar-refractivity contribution in [2.75, 3.05) is 13.2 Å². The minimum atomic E-state index is -1.14. The van der Waals surface area contributed by atoms with Crippen molar-refractivity contribution in [1.29, 1.82) is 0 Å². The van der Waals surface area contributed by atoms with E-state index in [0.717, 1.165) is 10.5 Å². The third-order valence-electron chi connectivity index (χ3n) is 1.87. The third kappa shape index (κ3) is 4.07. The van der Waals surface area contributed by atoms with Crippen molar-refractivity contribution < 1.29 is 9.13 Å². The van der Waals surface area contributed by atoms with Crippen LogP contribution in [0.5, 0.6) is 5.75 Å². The van der Waals surface area contributed by atoms with Crippen LogP contribution in [0.1, 0.15) is 5.56 Å². The van der Waals surface area contributed by atoms with Crippen LogP contribution < -0.4 is 16.2 Å². The van der Waals surface area contributed by atoms with E-state index < -0.39 is 6.17 Å². The monoisotopic (exact) mass is 230 g/mol.